The smallest absolute Gasteiger partial charge is 0.305 e. The maximum absolute atomic E-state index is 11.3. The second-order valence-electron chi connectivity index (χ2n) is 4.36. The SMILES string of the molecule is CC1CC(=O)NN=C1c1ccc2sc(=O)[nH]c2c1. The van der Waals surface area contributed by atoms with E-state index in [-0.39, 0.29) is 16.7 Å². The van der Waals surface area contributed by atoms with Crippen LogP contribution in [0.1, 0.15) is 18.9 Å². The molecule has 1 amide bonds. The number of hydrazone groups is 1. The molecule has 3 rings (SSSR count). The lowest BCUT2D eigenvalue weighted by Crippen LogP contribution is -2.31. The first-order chi connectivity index (χ1) is 8.63. The summed E-state index contributed by atoms with van der Waals surface area (Å²) in [6.45, 7) is 1.97. The van der Waals surface area contributed by atoms with Gasteiger partial charge in [-0.05, 0) is 12.1 Å². The van der Waals surface area contributed by atoms with E-state index in [1.54, 1.807) is 0 Å². The Bertz CT molecular complexity index is 713. The number of nitrogens with one attached hydrogen (secondary N) is 2. The molecule has 0 saturated heterocycles. The van der Waals surface area contributed by atoms with Gasteiger partial charge in [0.05, 0.1) is 15.9 Å². The van der Waals surface area contributed by atoms with Crippen LogP contribution in [-0.2, 0) is 4.79 Å². The summed E-state index contributed by atoms with van der Waals surface area (Å²) in [6, 6.07) is 5.73. The third-order valence-corrected chi connectivity index (χ3v) is 3.84. The zero-order valence-corrected chi connectivity index (χ0v) is 10.5. The summed E-state index contributed by atoms with van der Waals surface area (Å²) < 4.78 is 0.928. The number of hydrogen-bond donors (Lipinski definition) is 2. The maximum Gasteiger partial charge on any atom is 0.305 e. The first kappa shape index (κ1) is 11.2. The van der Waals surface area contributed by atoms with Crippen LogP contribution in [0.2, 0.25) is 0 Å². The van der Waals surface area contributed by atoms with Gasteiger partial charge in [0.1, 0.15) is 0 Å². The van der Waals surface area contributed by atoms with Crippen molar-refractivity contribution in [3.8, 4) is 0 Å². The third-order valence-electron chi connectivity index (χ3n) is 2.97. The van der Waals surface area contributed by atoms with Crippen LogP contribution >= 0.6 is 11.3 Å². The van der Waals surface area contributed by atoms with Crippen molar-refractivity contribution in [2.45, 2.75) is 13.3 Å². The fraction of sp³-hybridized carbons (Fsp3) is 0.250. The minimum absolute atomic E-state index is 0.0590. The summed E-state index contributed by atoms with van der Waals surface area (Å²) in [5.41, 5.74) is 5.09. The number of amides is 1. The van der Waals surface area contributed by atoms with E-state index in [2.05, 4.69) is 15.5 Å². The molecule has 0 fully saturated rings. The summed E-state index contributed by atoms with van der Waals surface area (Å²) in [5, 5.41) is 4.10. The van der Waals surface area contributed by atoms with Gasteiger partial charge in [-0.25, -0.2) is 5.43 Å². The van der Waals surface area contributed by atoms with Crippen LogP contribution in [0.15, 0.2) is 28.1 Å². The minimum atomic E-state index is -0.0610. The van der Waals surface area contributed by atoms with Crippen molar-refractivity contribution in [3.05, 3.63) is 33.4 Å². The monoisotopic (exact) mass is 261 g/mol. The average Bonchev–Trinajstić information content (AvgIpc) is 2.68. The Kier molecular flexibility index (Phi) is 2.52. The Balaban J connectivity index is 2.08. The molecular formula is C12H11N3O2S. The molecule has 2 N–H and O–H groups in total. The largest absolute Gasteiger partial charge is 0.312 e. The highest BCUT2D eigenvalue weighted by atomic mass is 32.1. The van der Waals surface area contributed by atoms with Gasteiger partial charge < -0.3 is 4.98 Å². The normalized spacial score (nSPS) is 19.7. The van der Waals surface area contributed by atoms with Gasteiger partial charge in [-0.2, -0.15) is 5.10 Å². The van der Waals surface area contributed by atoms with Crippen LogP contribution < -0.4 is 10.3 Å². The highest BCUT2D eigenvalue weighted by Gasteiger charge is 2.21. The van der Waals surface area contributed by atoms with Gasteiger partial charge in [0.2, 0.25) is 5.91 Å². The number of aromatic amines is 1. The third kappa shape index (κ3) is 1.84. The molecule has 0 bridgehead atoms. The number of H-pyrrole nitrogens is 1. The van der Waals surface area contributed by atoms with E-state index < -0.39 is 0 Å². The Morgan fingerprint density at radius 1 is 1.39 bits per heavy atom. The molecule has 1 aromatic heterocycles. The van der Waals surface area contributed by atoms with E-state index in [1.807, 2.05) is 25.1 Å². The summed E-state index contributed by atoms with van der Waals surface area (Å²) >= 11 is 1.19. The molecule has 0 saturated carbocycles. The van der Waals surface area contributed by atoms with Crippen LogP contribution in [0.5, 0.6) is 0 Å². The number of thiazole rings is 1. The lowest BCUT2D eigenvalue weighted by molar-refractivity contribution is -0.121. The van der Waals surface area contributed by atoms with Crippen LogP contribution in [-0.4, -0.2) is 16.6 Å². The Hall–Kier alpha value is -1.95. The van der Waals surface area contributed by atoms with Gasteiger partial charge in [-0.3, -0.25) is 9.59 Å². The topological polar surface area (TPSA) is 74.3 Å². The first-order valence-electron chi connectivity index (χ1n) is 5.63. The number of fused-ring (bicyclic) bond motifs is 1. The standard InChI is InChI=1S/C12H11N3O2S/c1-6-4-10(16)14-15-11(6)7-2-3-9-8(5-7)13-12(17)18-9/h2-3,5-6H,4H2,1H3,(H,13,17)(H,14,16). The van der Waals surface area contributed by atoms with Crippen molar-refractivity contribution < 1.29 is 4.79 Å². The molecule has 1 aromatic carbocycles. The second kappa shape index (κ2) is 4.06. The second-order valence-corrected chi connectivity index (χ2v) is 5.38. The molecule has 92 valence electrons. The van der Waals surface area contributed by atoms with Crippen LogP contribution in [0.3, 0.4) is 0 Å². The molecule has 0 spiro atoms. The highest BCUT2D eigenvalue weighted by Crippen LogP contribution is 2.21. The zero-order valence-electron chi connectivity index (χ0n) is 9.69. The minimum Gasteiger partial charge on any atom is -0.312 e. The lowest BCUT2D eigenvalue weighted by Gasteiger charge is -2.19. The van der Waals surface area contributed by atoms with Crippen molar-refractivity contribution in [1.29, 1.82) is 0 Å². The summed E-state index contributed by atoms with van der Waals surface area (Å²) in [7, 11) is 0. The van der Waals surface area contributed by atoms with Crippen LogP contribution in [0, 0.1) is 5.92 Å². The molecule has 0 radical (unpaired) electrons. The maximum atomic E-state index is 11.3. The number of benzene rings is 1. The summed E-state index contributed by atoms with van der Waals surface area (Å²) in [4.78, 5) is 25.2. The number of carbonyl (C=O) groups excluding carboxylic acids is 1. The van der Waals surface area contributed by atoms with E-state index in [0.717, 1.165) is 21.5 Å². The Morgan fingerprint density at radius 2 is 2.22 bits per heavy atom. The van der Waals surface area contributed by atoms with Crippen LogP contribution in [0.25, 0.3) is 10.2 Å². The molecule has 1 unspecified atom stereocenters. The molecule has 5 nitrogen and oxygen atoms in total. The molecule has 1 atom stereocenters. The fourth-order valence-electron chi connectivity index (χ4n) is 2.11. The van der Waals surface area contributed by atoms with Crippen molar-refractivity contribution >= 4 is 33.2 Å². The van der Waals surface area contributed by atoms with Crippen molar-refractivity contribution in [1.82, 2.24) is 10.4 Å². The number of carbonyl (C=O) groups is 1. The summed E-state index contributed by atoms with van der Waals surface area (Å²) in [5.74, 6) is 0.0258. The molecule has 6 heteroatoms. The molecular weight excluding hydrogens is 250 g/mol. The number of aromatic nitrogens is 1. The van der Waals surface area contributed by atoms with Crippen molar-refractivity contribution in [2.75, 3.05) is 0 Å². The van der Waals surface area contributed by atoms with E-state index in [1.165, 1.54) is 11.3 Å². The van der Waals surface area contributed by atoms with E-state index in [9.17, 15) is 9.59 Å². The predicted octanol–water partition coefficient (Wildman–Crippen LogP) is 1.45. The molecule has 1 aliphatic rings. The molecule has 2 heterocycles. The first-order valence-corrected chi connectivity index (χ1v) is 6.45. The lowest BCUT2D eigenvalue weighted by atomic mass is 9.94. The zero-order chi connectivity index (χ0) is 12.7. The summed E-state index contributed by atoms with van der Waals surface area (Å²) in [6.07, 6.45) is 0.441. The van der Waals surface area contributed by atoms with E-state index in [4.69, 9.17) is 0 Å². The highest BCUT2D eigenvalue weighted by molar-refractivity contribution is 7.16. The molecule has 18 heavy (non-hydrogen) atoms. The number of nitrogens with zero attached hydrogens (tertiary/aromatic N) is 1. The van der Waals surface area contributed by atoms with E-state index >= 15 is 0 Å². The fourth-order valence-corrected chi connectivity index (χ4v) is 2.83. The van der Waals surface area contributed by atoms with Gasteiger partial charge in [-0.15, -0.1) is 0 Å². The predicted molar refractivity (Wildman–Crippen MR) is 70.9 cm³/mol. The van der Waals surface area contributed by atoms with Gasteiger partial charge in [0.25, 0.3) is 0 Å². The Morgan fingerprint density at radius 3 is 3.00 bits per heavy atom. The van der Waals surface area contributed by atoms with Gasteiger partial charge in [-0.1, -0.05) is 24.3 Å². The van der Waals surface area contributed by atoms with Crippen molar-refractivity contribution in [3.63, 3.8) is 0 Å². The number of hydrogen-bond acceptors (Lipinski definition) is 4. The average molecular weight is 261 g/mol. The van der Waals surface area contributed by atoms with Gasteiger partial charge >= 0.3 is 4.87 Å². The Labute approximate surface area is 107 Å². The molecule has 2 aromatic rings. The quantitative estimate of drug-likeness (QED) is 0.815. The van der Waals surface area contributed by atoms with Gasteiger partial charge in [0, 0.05) is 17.9 Å². The number of rotatable bonds is 1. The van der Waals surface area contributed by atoms with Crippen LogP contribution in [0.4, 0.5) is 0 Å². The molecule has 1 aliphatic heterocycles. The van der Waals surface area contributed by atoms with E-state index in [0.29, 0.717) is 6.42 Å². The van der Waals surface area contributed by atoms with Gasteiger partial charge in [0.15, 0.2) is 0 Å². The van der Waals surface area contributed by atoms with Crippen molar-refractivity contribution in [2.24, 2.45) is 11.0 Å². The molecule has 0 aliphatic carbocycles.